The summed E-state index contributed by atoms with van der Waals surface area (Å²) in [5.74, 6) is -0.0961. The second-order valence-corrected chi connectivity index (χ2v) is 10.0. The van der Waals surface area contributed by atoms with E-state index in [1.54, 1.807) is 36.3 Å². The number of aromatic nitrogens is 4. The Morgan fingerprint density at radius 3 is 2.63 bits per heavy atom. The zero-order chi connectivity index (χ0) is 26.8. The van der Waals surface area contributed by atoms with Crippen molar-refractivity contribution >= 4 is 28.6 Å². The third-order valence-corrected chi connectivity index (χ3v) is 7.12. The van der Waals surface area contributed by atoms with Gasteiger partial charge in [-0.3, -0.25) is 9.69 Å². The highest BCUT2D eigenvalue weighted by atomic mass is 19.1. The molecule has 0 spiro atoms. The molecule has 2 aromatic carbocycles. The van der Waals surface area contributed by atoms with Crippen LogP contribution in [-0.4, -0.2) is 68.7 Å². The molecule has 4 aromatic rings. The van der Waals surface area contributed by atoms with Crippen LogP contribution >= 0.6 is 0 Å². The fourth-order valence-corrected chi connectivity index (χ4v) is 4.70. The second-order valence-electron chi connectivity index (χ2n) is 10.0. The summed E-state index contributed by atoms with van der Waals surface area (Å²) in [6.45, 7) is 8.98. The molecule has 0 bridgehead atoms. The molecule has 1 aliphatic rings. The predicted octanol–water partition coefficient (Wildman–Crippen LogP) is 3.98. The molecule has 1 aliphatic heterocycles. The Bertz CT molecular complexity index is 1460. The quantitative estimate of drug-likeness (QED) is 0.384. The number of carbonyl (C=O) groups is 1. The van der Waals surface area contributed by atoms with Gasteiger partial charge in [-0.2, -0.15) is 5.10 Å². The molecule has 0 aliphatic carbocycles. The molecule has 5 rings (SSSR count). The molecule has 2 N–H and O–H groups in total. The summed E-state index contributed by atoms with van der Waals surface area (Å²) in [5, 5.41) is 10.3. The molecule has 1 saturated heterocycles. The molecule has 1 atom stereocenters. The summed E-state index contributed by atoms with van der Waals surface area (Å²) < 4.78 is 16.4. The van der Waals surface area contributed by atoms with Gasteiger partial charge in [0, 0.05) is 56.6 Å². The Morgan fingerprint density at radius 1 is 1.08 bits per heavy atom. The minimum atomic E-state index is -0.414. The number of rotatable bonds is 7. The molecular formula is C28H33FN8O. The first-order valence-corrected chi connectivity index (χ1v) is 12.8. The first-order valence-electron chi connectivity index (χ1n) is 12.8. The summed E-state index contributed by atoms with van der Waals surface area (Å²) in [6.07, 6.45) is 3.24. The Labute approximate surface area is 221 Å². The van der Waals surface area contributed by atoms with Gasteiger partial charge in [-0.15, -0.1) is 0 Å². The number of aryl methyl sites for hydroxylation is 2. The third kappa shape index (κ3) is 5.66. The van der Waals surface area contributed by atoms with Crippen molar-refractivity contribution in [3.8, 4) is 0 Å². The van der Waals surface area contributed by atoms with E-state index in [-0.39, 0.29) is 11.7 Å². The number of benzene rings is 2. The normalized spacial score (nSPS) is 15.5. The van der Waals surface area contributed by atoms with Crippen LogP contribution in [0, 0.1) is 12.7 Å². The summed E-state index contributed by atoms with van der Waals surface area (Å²) in [5.41, 5.74) is 5.13. The molecule has 10 heteroatoms. The van der Waals surface area contributed by atoms with E-state index in [2.05, 4.69) is 42.5 Å². The van der Waals surface area contributed by atoms with E-state index in [0.717, 1.165) is 38.3 Å². The molecule has 2 aromatic heterocycles. The molecule has 1 amide bonds. The highest BCUT2D eigenvalue weighted by Gasteiger charge is 2.17. The molecule has 1 unspecified atom stereocenters. The first-order chi connectivity index (χ1) is 18.3. The number of hydrogen-bond acceptors (Lipinski definition) is 7. The van der Waals surface area contributed by atoms with E-state index in [1.807, 2.05) is 32.0 Å². The molecule has 0 saturated carbocycles. The van der Waals surface area contributed by atoms with Crippen LogP contribution in [0.15, 0.2) is 48.8 Å². The summed E-state index contributed by atoms with van der Waals surface area (Å²) in [7, 11) is 3.94. The van der Waals surface area contributed by atoms with Gasteiger partial charge in [0.25, 0.3) is 5.91 Å². The zero-order valence-corrected chi connectivity index (χ0v) is 22.2. The van der Waals surface area contributed by atoms with Crippen molar-refractivity contribution in [2.24, 2.45) is 7.05 Å². The van der Waals surface area contributed by atoms with Crippen molar-refractivity contribution in [1.82, 2.24) is 29.5 Å². The van der Waals surface area contributed by atoms with E-state index in [9.17, 15) is 9.18 Å². The van der Waals surface area contributed by atoms with Crippen molar-refractivity contribution in [2.75, 3.05) is 43.9 Å². The Kier molecular flexibility index (Phi) is 7.35. The average molecular weight is 517 g/mol. The zero-order valence-electron chi connectivity index (χ0n) is 22.2. The standard InChI is InChI=1S/C28H33FN8O/c1-18-13-20(5-6-21(18)17-37-11-9-35(3)10-12-37)28(38)33-22-7-8-24(29)23(14-22)19(2)32-26-16-30-25-15-31-36(4)27(25)34-26/h5-8,13-16,19H,9-12,17H2,1-4H3,(H,32,34)(H,33,38). The number of halogens is 1. The van der Waals surface area contributed by atoms with Gasteiger partial charge in [0.2, 0.25) is 0 Å². The van der Waals surface area contributed by atoms with E-state index in [0.29, 0.717) is 33.8 Å². The van der Waals surface area contributed by atoms with Gasteiger partial charge in [0.1, 0.15) is 17.2 Å². The van der Waals surface area contributed by atoms with Gasteiger partial charge in [0.15, 0.2) is 5.65 Å². The fourth-order valence-electron chi connectivity index (χ4n) is 4.70. The lowest BCUT2D eigenvalue weighted by Crippen LogP contribution is -2.43. The average Bonchev–Trinajstić information content (AvgIpc) is 3.27. The van der Waals surface area contributed by atoms with E-state index in [4.69, 9.17) is 0 Å². The van der Waals surface area contributed by atoms with Crippen molar-refractivity contribution in [3.05, 3.63) is 76.9 Å². The number of piperazine rings is 1. The van der Waals surface area contributed by atoms with Crippen LogP contribution in [0.3, 0.4) is 0 Å². The predicted molar refractivity (Wildman–Crippen MR) is 147 cm³/mol. The number of carbonyl (C=O) groups excluding carboxylic acids is 1. The van der Waals surface area contributed by atoms with Gasteiger partial charge in [-0.1, -0.05) is 6.07 Å². The van der Waals surface area contributed by atoms with Crippen molar-refractivity contribution in [2.45, 2.75) is 26.4 Å². The van der Waals surface area contributed by atoms with Crippen LogP contribution in [0.5, 0.6) is 0 Å². The largest absolute Gasteiger partial charge is 0.362 e. The number of amides is 1. The van der Waals surface area contributed by atoms with Crippen LogP contribution in [0.2, 0.25) is 0 Å². The minimum Gasteiger partial charge on any atom is -0.362 e. The maximum Gasteiger partial charge on any atom is 0.255 e. The number of likely N-dealkylation sites (N-methyl/N-ethyl adjacent to an activating group) is 1. The van der Waals surface area contributed by atoms with Crippen LogP contribution in [0.25, 0.3) is 11.2 Å². The highest BCUT2D eigenvalue weighted by molar-refractivity contribution is 6.04. The number of anilines is 2. The van der Waals surface area contributed by atoms with Crippen molar-refractivity contribution in [3.63, 3.8) is 0 Å². The van der Waals surface area contributed by atoms with Gasteiger partial charge in [-0.25, -0.2) is 19.0 Å². The first kappa shape index (κ1) is 25.7. The summed E-state index contributed by atoms with van der Waals surface area (Å²) >= 11 is 0. The van der Waals surface area contributed by atoms with Crippen LogP contribution in [-0.2, 0) is 13.6 Å². The fraction of sp³-hybridized carbons (Fsp3) is 0.357. The second kappa shape index (κ2) is 10.8. The summed E-state index contributed by atoms with van der Waals surface area (Å²) in [4.78, 5) is 26.7. The molecule has 38 heavy (non-hydrogen) atoms. The monoisotopic (exact) mass is 516 g/mol. The van der Waals surface area contributed by atoms with Crippen molar-refractivity contribution < 1.29 is 9.18 Å². The summed E-state index contributed by atoms with van der Waals surface area (Å²) in [6, 6.07) is 9.98. The van der Waals surface area contributed by atoms with E-state index in [1.165, 1.54) is 11.6 Å². The van der Waals surface area contributed by atoms with Crippen LogP contribution in [0.4, 0.5) is 15.9 Å². The Hall–Kier alpha value is -3.89. The van der Waals surface area contributed by atoms with Crippen molar-refractivity contribution in [1.29, 1.82) is 0 Å². The molecule has 0 radical (unpaired) electrons. The molecule has 9 nitrogen and oxygen atoms in total. The maximum atomic E-state index is 14.8. The lowest BCUT2D eigenvalue weighted by Gasteiger charge is -2.32. The third-order valence-electron chi connectivity index (χ3n) is 7.12. The number of nitrogens with one attached hydrogen (secondary N) is 2. The molecule has 1 fully saturated rings. The number of fused-ring (bicyclic) bond motifs is 1. The minimum absolute atomic E-state index is 0.232. The van der Waals surface area contributed by atoms with Gasteiger partial charge in [0.05, 0.1) is 18.4 Å². The number of nitrogens with zero attached hydrogens (tertiary/aromatic N) is 6. The van der Waals surface area contributed by atoms with Crippen LogP contribution < -0.4 is 10.6 Å². The lowest BCUT2D eigenvalue weighted by atomic mass is 10.0. The Balaban J connectivity index is 1.26. The topological polar surface area (TPSA) is 91.2 Å². The molecular weight excluding hydrogens is 483 g/mol. The Morgan fingerprint density at radius 2 is 1.87 bits per heavy atom. The molecule has 198 valence electrons. The lowest BCUT2D eigenvalue weighted by molar-refractivity contribution is 0.102. The SMILES string of the molecule is Cc1cc(C(=O)Nc2ccc(F)c(C(C)Nc3cnc4cnn(C)c4n3)c2)ccc1CN1CCN(C)CC1. The highest BCUT2D eigenvalue weighted by Crippen LogP contribution is 2.25. The van der Waals surface area contributed by atoms with E-state index < -0.39 is 6.04 Å². The van der Waals surface area contributed by atoms with Gasteiger partial charge >= 0.3 is 0 Å². The van der Waals surface area contributed by atoms with Gasteiger partial charge < -0.3 is 15.5 Å². The maximum absolute atomic E-state index is 14.8. The number of hydrogen-bond donors (Lipinski definition) is 2. The van der Waals surface area contributed by atoms with E-state index >= 15 is 0 Å². The smallest absolute Gasteiger partial charge is 0.255 e. The molecule has 3 heterocycles. The van der Waals surface area contributed by atoms with Gasteiger partial charge in [-0.05, 0) is 62.4 Å². The van der Waals surface area contributed by atoms with Crippen LogP contribution in [0.1, 0.15) is 40.0 Å².